The van der Waals surface area contributed by atoms with Crippen LogP contribution in [0.25, 0.3) is 21.5 Å². The molecular formula is C36H31N5O2. The molecule has 3 N–H and O–H groups in total. The van der Waals surface area contributed by atoms with Crippen LogP contribution in [-0.4, -0.2) is 10.2 Å². The maximum Gasteiger partial charge on any atom is 0.151 e. The predicted octanol–water partition coefficient (Wildman–Crippen LogP) is 11.2. The zero-order valence-electron chi connectivity index (χ0n) is 24.4. The Morgan fingerprint density at radius 1 is 0.535 bits per heavy atom. The second kappa shape index (κ2) is 11.4. The zero-order valence-corrected chi connectivity index (χ0v) is 24.4. The number of phenolic OH excluding ortho intramolecular Hbond substituents is 2. The number of nitrogens with one attached hydrogen (secondary N) is 1. The van der Waals surface area contributed by atoms with E-state index in [4.69, 9.17) is 0 Å². The van der Waals surface area contributed by atoms with Gasteiger partial charge in [-0.25, -0.2) is 0 Å². The van der Waals surface area contributed by atoms with Gasteiger partial charge in [0, 0.05) is 22.8 Å². The SMILES string of the molecule is Cc1cc(C)c2ccc(N=Nc3cc(O)c(N=Nc4c(C)cc5cc(Nc6ccccc6)ccc5c4O)cc3C)cc2c1. The second-order valence-electron chi connectivity index (χ2n) is 10.8. The largest absolute Gasteiger partial charge is 0.506 e. The van der Waals surface area contributed by atoms with Crippen LogP contribution in [0.1, 0.15) is 22.3 Å². The van der Waals surface area contributed by atoms with Crippen molar-refractivity contribution in [1.29, 1.82) is 0 Å². The van der Waals surface area contributed by atoms with Gasteiger partial charge in [0.1, 0.15) is 17.1 Å². The first-order valence-electron chi connectivity index (χ1n) is 14.0. The number of rotatable bonds is 6. The molecule has 6 aromatic carbocycles. The predicted molar refractivity (Wildman–Crippen MR) is 175 cm³/mol. The fraction of sp³-hybridized carbons (Fsp3) is 0.111. The van der Waals surface area contributed by atoms with Crippen LogP contribution < -0.4 is 5.32 Å². The topological polar surface area (TPSA) is 102 Å². The Hall–Kier alpha value is -5.56. The first-order chi connectivity index (χ1) is 20.7. The molecule has 7 heteroatoms. The molecule has 0 radical (unpaired) electrons. The minimum Gasteiger partial charge on any atom is -0.506 e. The lowest BCUT2D eigenvalue weighted by Crippen LogP contribution is -1.90. The van der Waals surface area contributed by atoms with E-state index in [-0.39, 0.29) is 17.2 Å². The van der Waals surface area contributed by atoms with Gasteiger partial charge in [-0.05, 0) is 115 Å². The van der Waals surface area contributed by atoms with E-state index in [1.165, 1.54) is 22.6 Å². The van der Waals surface area contributed by atoms with Gasteiger partial charge in [0.2, 0.25) is 0 Å². The normalized spacial score (nSPS) is 11.7. The van der Waals surface area contributed by atoms with Crippen molar-refractivity contribution in [2.75, 3.05) is 5.32 Å². The molecule has 0 spiro atoms. The lowest BCUT2D eigenvalue weighted by Gasteiger charge is -2.11. The van der Waals surface area contributed by atoms with Gasteiger partial charge in [0.15, 0.2) is 5.75 Å². The van der Waals surface area contributed by atoms with Crippen molar-refractivity contribution in [2.45, 2.75) is 27.7 Å². The number of aryl methyl sites for hydroxylation is 4. The van der Waals surface area contributed by atoms with Crippen molar-refractivity contribution in [3.8, 4) is 11.5 Å². The summed E-state index contributed by atoms with van der Waals surface area (Å²) in [7, 11) is 0. The van der Waals surface area contributed by atoms with E-state index in [0.717, 1.165) is 39.0 Å². The summed E-state index contributed by atoms with van der Waals surface area (Å²) in [5.74, 6) is -0.0463. The van der Waals surface area contributed by atoms with E-state index in [0.29, 0.717) is 16.8 Å². The van der Waals surface area contributed by atoms with Crippen LogP contribution in [0.3, 0.4) is 0 Å². The van der Waals surface area contributed by atoms with Crippen molar-refractivity contribution in [3.05, 3.63) is 119 Å². The minimum absolute atomic E-state index is 0.0346. The minimum atomic E-state index is -0.0809. The quantitative estimate of drug-likeness (QED) is 0.175. The van der Waals surface area contributed by atoms with E-state index >= 15 is 0 Å². The molecule has 0 unspecified atom stereocenters. The van der Waals surface area contributed by atoms with Gasteiger partial charge in [0.25, 0.3) is 0 Å². The van der Waals surface area contributed by atoms with Crippen LogP contribution in [0, 0.1) is 27.7 Å². The third-order valence-corrected chi connectivity index (χ3v) is 7.45. The van der Waals surface area contributed by atoms with Crippen molar-refractivity contribution in [2.24, 2.45) is 20.5 Å². The fourth-order valence-corrected chi connectivity index (χ4v) is 5.28. The number of azo groups is 2. The molecule has 0 saturated heterocycles. The summed E-state index contributed by atoms with van der Waals surface area (Å²) in [4.78, 5) is 0. The van der Waals surface area contributed by atoms with E-state index in [9.17, 15) is 10.2 Å². The summed E-state index contributed by atoms with van der Waals surface area (Å²) >= 11 is 0. The van der Waals surface area contributed by atoms with Crippen LogP contribution in [0.2, 0.25) is 0 Å². The monoisotopic (exact) mass is 565 g/mol. The molecule has 0 aromatic heterocycles. The van der Waals surface area contributed by atoms with Gasteiger partial charge in [-0.15, -0.1) is 10.2 Å². The summed E-state index contributed by atoms with van der Waals surface area (Å²) in [6.07, 6.45) is 0. The molecule has 0 aliphatic rings. The molecule has 43 heavy (non-hydrogen) atoms. The van der Waals surface area contributed by atoms with Gasteiger partial charge in [-0.3, -0.25) is 0 Å². The van der Waals surface area contributed by atoms with E-state index in [1.54, 1.807) is 6.07 Å². The third-order valence-electron chi connectivity index (χ3n) is 7.45. The maximum atomic E-state index is 11.1. The van der Waals surface area contributed by atoms with Gasteiger partial charge < -0.3 is 15.5 Å². The molecule has 0 bridgehead atoms. The van der Waals surface area contributed by atoms with Crippen LogP contribution in [0.15, 0.2) is 118 Å². The highest BCUT2D eigenvalue weighted by molar-refractivity contribution is 5.96. The summed E-state index contributed by atoms with van der Waals surface area (Å²) in [5, 5.41) is 46.4. The number of benzene rings is 6. The number of nitrogens with zero attached hydrogens (tertiary/aromatic N) is 4. The van der Waals surface area contributed by atoms with Crippen LogP contribution >= 0.6 is 0 Å². The zero-order chi connectivity index (χ0) is 30.1. The van der Waals surface area contributed by atoms with Crippen molar-refractivity contribution < 1.29 is 10.2 Å². The average Bonchev–Trinajstić information content (AvgIpc) is 2.98. The van der Waals surface area contributed by atoms with Crippen LogP contribution in [-0.2, 0) is 0 Å². The van der Waals surface area contributed by atoms with Crippen molar-refractivity contribution in [3.63, 3.8) is 0 Å². The number of aromatic hydroxyl groups is 2. The standard InChI is InChI=1S/C36H31N5O2/c1-21-14-22(2)30-12-11-29(19-25(30)15-21)38-39-32-20-34(42)33(17-23(32)3)40-41-35-24(4)16-26-18-28(10-13-31(26)36(35)43)37-27-8-6-5-7-9-27/h5-20,37,42-43H,1-4H3. The van der Waals surface area contributed by atoms with Gasteiger partial charge in [-0.2, -0.15) is 10.2 Å². The molecule has 0 atom stereocenters. The van der Waals surface area contributed by atoms with E-state index in [1.807, 2.05) is 80.6 Å². The number of hydrogen-bond donors (Lipinski definition) is 3. The Labute approximate surface area is 249 Å². The Bertz CT molecular complexity index is 2070. The third kappa shape index (κ3) is 5.78. The lowest BCUT2D eigenvalue weighted by molar-refractivity contribution is 0.475. The second-order valence-corrected chi connectivity index (χ2v) is 10.8. The molecule has 0 aliphatic carbocycles. The van der Waals surface area contributed by atoms with Crippen molar-refractivity contribution in [1.82, 2.24) is 0 Å². The molecule has 0 amide bonds. The number of phenols is 2. The summed E-state index contributed by atoms with van der Waals surface area (Å²) < 4.78 is 0. The highest BCUT2D eigenvalue weighted by Gasteiger charge is 2.12. The molecular weight excluding hydrogens is 534 g/mol. The molecule has 0 saturated carbocycles. The highest BCUT2D eigenvalue weighted by Crippen LogP contribution is 2.41. The summed E-state index contributed by atoms with van der Waals surface area (Å²) in [6.45, 7) is 7.92. The lowest BCUT2D eigenvalue weighted by atomic mass is 10.0. The Morgan fingerprint density at radius 2 is 1.28 bits per heavy atom. The summed E-state index contributed by atoms with van der Waals surface area (Å²) in [6, 6.07) is 31.1. The van der Waals surface area contributed by atoms with Crippen molar-refractivity contribution >= 4 is 55.7 Å². The van der Waals surface area contributed by atoms with Gasteiger partial charge in [-0.1, -0.05) is 42.0 Å². The first-order valence-corrected chi connectivity index (χ1v) is 14.0. The first kappa shape index (κ1) is 27.6. The Morgan fingerprint density at radius 3 is 2.09 bits per heavy atom. The Balaban J connectivity index is 1.24. The maximum absolute atomic E-state index is 11.1. The van der Waals surface area contributed by atoms with Crippen LogP contribution in [0.4, 0.5) is 34.1 Å². The van der Waals surface area contributed by atoms with Crippen LogP contribution in [0.5, 0.6) is 11.5 Å². The van der Waals surface area contributed by atoms with E-state index < -0.39 is 0 Å². The Kier molecular flexibility index (Phi) is 7.30. The average molecular weight is 566 g/mol. The molecule has 0 aliphatic heterocycles. The molecule has 6 aromatic rings. The number of anilines is 2. The van der Waals surface area contributed by atoms with Gasteiger partial charge in [0.05, 0.1) is 11.4 Å². The molecule has 0 fully saturated rings. The number of hydrogen-bond acceptors (Lipinski definition) is 7. The molecule has 212 valence electrons. The molecule has 6 rings (SSSR count). The fourth-order valence-electron chi connectivity index (χ4n) is 5.28. The number of fused-ring (bicyclic) bond motifs is 2. The summed E-state index contributed by atoms with van der Waals surface area (Å²) in [5.41, 5.74) is 7.72. The highest BCUT2D eigenvalue weighted by atomic mass is 16.3. The molecule has 0 heterocycles. The smallest absolute Gasteiger partial charge is 0.151 e. The molecule has 7 nitrogen and oxygen atoms in total. The number of para-hydroxylation sites is 1. The van der Waals surface area contributed by atoms with Gasteiger partial charge >= 0.3 is 0 Å². The van der Waals surface area contributed by atoms with E-state index in [2.05, 4.69) is 57.8 Å².